The van der Waals surface area contributed by atoms with Crippen molar-refractivity contribution in [2.75, 3.05) is 0 Å². The predicted octanol–water partition coefficient (Wildman–Crippen LogP) is 1.70. The van der Waals surface area contributed by atoms with E-state index in [9.17, 15) is 8.39 Å². The third-order valence-corrected chi connectivity index (χ3v) is 0.599. The molecule has 0 aliphatic rings. The summed E-state index contributed by atoms with van der Waals surface area (Å²) in [5, 5.41) is 8.60. The monoisotopic (exact) mass is 182 g/mol. The summed E-state index contributed by atoms with van der Waals surface area (Å²) in [4.78, 5) is 6.79. The highest BCUT2D eigenvalue weighted by Crippen LogP contribution is 2.31. The van der Waals surface area contributed by atoms with Crippen LogP contribution >= 0.6 is 8.77 Å². The Morgan fingerprint density at radius 3 is 2.18 bits per heavy atom. The molecule has 11 heavy (non-hydrogen) atoms. The van der Waals surface area contributed by atoms with E-state index in [0.29, 0.717) is 6.42 Å². The maximum absolute atomic E-state index is 9.95. The molecule has 0 bridgehead atoms. The van der Waals surface area contributed by atoms with E-state index in [0.717, 1.165) is 0 Å². The van der Waals surface area contributed by atoms with E-state index in [-0.39, 0.29) is 0 Å². The lowest BCUT2D eigenvalue weighted by Crippen LogP contribution is -1.97. The third kappa shape index (κ3) is 26.4. The molecule has 0 heterocycles. The van der Waals surface area contributed by atoms with Gasteiger partial charge in [-0.05, 0) is 0 Å². The van der Waals surface area contributed by atoms with Gasteiger partial charge in [0.05, 0.1) is 6.10 Å². The molecule has 0 spiro atoms. The van der Waals surface area contributed by atoms with Gasteiger partial charge in [0.1, 0.15) is 0 Å². The van der Waals surface area contributed by atoms with Gasteiger partial charge < -0.3 is 10.00 Å². The molecule has 0 aliphatic carbocycles. The zero-order valence-electron chi connectivity index (χ0n) is 5.74. The number of aliphatic hydroxyl groups is 1. The highest BCUT2D eigenvalue weighted by Gasteiger charge is 1.89. The fourth-order valence-corrected chi connectivity index (χ4v) is 0.204. The van der Waals surface area contributed by atoms with Gasteiger partial charge in [0, 0.05) is 6.42 Å². The fraction of sp³-hybridized carbons (Fsp3) is 0.333. The number of terminal acetylenes is 1. The Labute approximate surface area is 65.6 Å². The predicted molar refractivity (Wildman–Crippen MR) is 41.0 cm³/mol. The van der Waals surface area contributed by atoms with Gasteiger partial charge in [-0.3, -0.25) is 0 Å². The van der Waals surface area contributed by atoms with Crippen LogP contribution in [-0.2, 0) is 0 Å². The second-order valence-corrected chi connectivity index (χ2v) is 1.86. The maximum atomic E-state index is 9.95. The van der Waals surface area contributed by atoms with Crippen molar-refractivity contribution in [3.8, 4) is 12.3 Å². The molecule has 0 aromatic rings. The summed E-state index contributed by atoms with van der Waals surface area (Å²) in [6.45, 7) is 3.33. The van der Waals surface area contributed by atoms with E-state index >= 15 is 0 Å². The van der Waals surface area contributed by atoms with E-state index in [1.54, 1.807) is 0 Å². The number of rotatable bonds is 2. The number of halogens is 2. The first-order chi connectivity index (χ1) is 5.04. The van der Waals surface area contributed by atoms with Crippen LogP contribution in [0.25, 0.3) is 0 Å². The van der Waals surface area contributed by atoms with Gasteiger partial charge in [0.25, 0.3) is 0 Å². The lowest BCUT2D eigenvalue weighted by atomic mass is 10.3. The summed E-state index contributed by atoms with van der Waals surface area (Å²) in [5.41, 5.74) is 0. The summed E-state index contributed by atoms with van der Waals surface area (Å²) >= 11 is 0. The van der Waals surface area contributed by atoms with Gasteiger partial charge in [-0.1, -0.05) is 6.08 Å². The molecule has 64 valence electrons. The Morgan fingerprint density at radius 2 is 2.09 bits per heavy atom. The van der Waals surface area contributed by atoms with Crippen LogP contribution in [0, 0.1) is 12.3 Å². The van der Waals surface area contributed by atoms with Crippen molar-refractivity contribution in [1.82, 2.24) is 0 Å². The highest BCUT2D eigenvalue weighted by atomic mass is 31.2. The largest absolute Gasteiger partial charge is 0.412 e. The van der Waals surface area contributed by atoms with Crippen LogP contribution in [0.5, 0.6) is 0 Å². The van der Waals surface area contributed by atoms with Crippen LogP contribution in [0.2, 0.25) is 0 Å². The second kappa shape index (κ2) is 9.51. The molecular formula is C6H9F2O2P. The zero-order chi connectivity index (χ0) is 9.28. The second-order valence-electron chi connectivity index (χ2n) is 1.43. The molecule has 0 amide bonds. The lowest BCUT2D eigenvalue weighted by Gasteiger charge is -1.93. The van der Waals surface area contributed by atoms with Crippen LogP contribution < -0.4 is 0 Å². The number of aliphatic hydroxyl groups excluding tert-OH is 1. The lowest BCUT2D eigenvalue weighted by molar-refractivity contribution is 0.230. The summed E-state index contributed by atoms with van der Waals surface area (Å²) in [7, 11) is -3.62. The van der Waals surface area contributed by atoms with Crippen molar-refractivity contribution in [1.29, 1.82) is 0 Å². The Hall–Kier alpha value is -0.490. The molecular weight excluding hydrogens is 173 g/mol. The van der Waals surface area contributed by atoms with Crippen LogP contribution in [0.3, 0.4) is 0 Å². The molecule has 1 atom stereocenters. The summed E-state index contributed by atoms with van der Waals surface area (Å²) in [6, 6.07) is 0. The first-order valence-electron chi connectivity index (χ1n) is 2.59. The third-order valence-electron chi connectivity index (χ3n) is 0.599. The molecule has 5 heteroatoms. The Morgan fingerprint density at radius 1 is 1.73 bits per heavy atom. The maximum Gasteiger partial charge on any atom is 0.412 e. The van der Waals surface area contributed by atoms with Crippen LogP contribution in [0.15, 0.2) is 12.7 Å². The average Bonchev–Trinajstić information content (AvgIpc) is 1.87. The van der Waals surface area contributed by atoms with E-state index in [4.69, 9.17) is 16.4 Å². The Bertz CT molecular complexity index is 130. The van der Waals surface area contributed by atoms with Crippen molar-refractivity contribution < 1.29 is 18.4 Å². The van der Waals surface area contributed by atoms with Gasteiger partial charge in [-0.15, -0.1) is 18.9 Å². The first kappa shape index (κ1) is 13.1. The minimum atomic E-state index is -3.62. The van der Waals surface area contributed by atoms with Gasteiger partial charge >= 0.3 is 8.77 Å². The Balaban J connectivity index is 0. The van der Waals surface area contributed by atoms with E-state index in [1.807, 2.05) is 0 Å². The molecule has 1 unspecified atom stereocenters. The fourth-order valence-electron chi connectivity index (χ4n) is 0.204. The summed E-state index contributed by atoms with van der Waals surface area (Å²) in [6.07, 6.45) is 6.11. The molecule has 2 N–H and O–H groups in total. The quantitative estimate of drug-likeness (QED) is 0.387. The molecule has 0 saturated carbocycles. The van der Waals surface area contributed by atoms with E-state index in [2.05, 4.69) is 12.5 Å². The van der Waals surface area contributed by atoms with Gasteiger partial charge in [0.2, 0.25) is 0 Å². The number of hydrogen-bond donors (Lipinski definition) is 2. The van der Waals surface area contributed by atoms with Crippen molar-refractivity contribution in [3.63, 3.8) is 0 Å². The molecule has 0 radical (unpaired) electrons. The highest BCUT2D eigenvalue weighted by molar-refractivity contribution is 7.39. The molecule has 0 aromatic carbocycles. The first-order valence-corrected chi connectivity index (χ1v) is 3.66. The average molecular weight is 182 g/mol. The molecule has 0 aromatic heterocycles. The Kier molecular flexibility index (Phi) is 11.3. The molecule has 2 nitrogen and oxygen atoms in total. The van der Waals surface area contributed by atoms with E-state index in [1.165, 1.54) is 6.08 Å². The SMILES string of the molecule is C#CCC(O)C=C.OP(F)F. The van der Waals surface area contributed by atoms with Gasteiger partial charge in [0.15, 0.2) is 0 Å². The van der Waals surface area contributed by atoms with E-state index < -0.39 is 14.9 Å². The zero-order valence-corrected chi connectivity index (χ0v) is 6.64. The minimum absolute atomic E-state index is 0.365. The van der Waals surface area contributed by atoms with Crippen LogP contribution in [-0.4, -0.2) is 16.1 Å². The molecule has 0 saturated heterocycles. The smallest absolute Gasteiger partial charge is 0.388 e. The summed E-state index contributed by atoms with van der Waals surface area (Å²) < 4.78 is 19.9. The molecule has 0 fully saturated rings. The van der Waals surface area contributed by atoms with Crippen LogP contribution in [0.1, 0.15) is 6.42 Å². The van der Waals surface area contributed by atoms with Crippen molar-refractivity contribution in [2.24, 2.45) is 0 Å². The standard InChI is InChI=1S/C6H8O.F2HOP/c1-3-5-6(7)4-2;1-4(2)3/h1,4,6-7H,2,5H2;3H. The van der Waals surface area contributed by atoms with Crippen LogP contribution in [0.4, 0.5) is 8.39 Å². The normalized spacial score (nSPS) is 10.9. The molecule has 0 rings (SSSR count). The van der Waals surface area contributed by atoms with Gasteiger partial charge in [-0.2, -0.15) is 8.39 Å². The molecule has 0 aliphatic heterocycles. The van der Waals surface area contributed by atoms with Crippen molar-refractivity contribution >= 4 is 8.77 Å². The van der Waals surface area contributed by atoms with Crippen molar-refractivity contribution in [3.05, 3.63) is 12.7 Å². The van der Waals surface area contributed by atoms with Gasteiger partial charge in [-0.25, -0.2) is 0 Å². The number of hydrogen-bond acceptors (Lipinski definition) is 2. The van der Waals surface area contributed by atoms with Crippen molar-refractivity contribution in [2.45, 2.75) is 12.5 Å². The summed E-state index contributed by atoms with van der Waals surface area (Å²) in [5.74, 6) is 2.30. The minimum Gasteiger partial charge on any atom is -0.388 e. The topological polar surface area (TPSA) is 40.5 Å².